The molecule has 1 aliphatic rings. The second-order valence-electron chi connectivity index (χ2n) is 6.11. The van der Waals surface area contributed by atoms with Crippen LogP contribution in [-0.4, -0.2) is 41.0 Å². The van der Waals surface area contributed by atoms with Crippen molar-refractivity contribution in [3.05, 3.63) is 51.6 Å². The van der Waals surface area contributed by atoms with Crippen LogP contribution in [0.15, 0.2) is 35.8 Å². The first-order valence-corrected chi connectivity index (χ1v) is 9.37. The molecular formula is C18H19ClN4S. The summed E-state index contributed by atoms with van der Waals surface area (Å²) < 4.78 is 0. The highest BCUT2D eigenvalue weighted by atomic mass is 35.5. The molecule has 4 rings (SSSR count). The van der Waals surface area contributed by atoms with E-state index in [0.29, 0.717) is 0 Å². The molecule has 0 N–H and O–H groups in total. The Morgan fingerprint density at radius 2 is 2.00 bits per heavy atom. The van der Waals surface area contributed by atoms with Crippen molar-refractivity contribution in [1.82, 2.24) is 14.9 Å². The van der Waals surface area contributed by atoms with E-state index in [4.69, 9.17) is 11.6 Å². The van der Waals surface area contributed by atoms with Gasteiger partial charge in [0, 0.05) is 60.4 Å². The Morgan fingerprint density at radius 3 is 2.75 bits per heavy atom. The van der Waals surface area contributed by atoms with E-state index in [0.717, 1.165) is 48.3 Å². The average molecular weight is 359 g/mol. The van der Waals surface area contributed by atoms with Gasteiger partial charge in [0.05, 0.1) is 16.2 Å². The molecular weight excluding hydrogens is 340 g/mol. The number of hydrogen-bond acceptors (Lipinski definition) is 5. The van der Waals surface area contributed by atoms with Crippen molar-refractivity contribution in [1.29, 1.82) is 0 Å². The number of pyridine rings is 1. The minimum absolute atomic E-state index is 0.732. The molecule has 124 valence electrons. The molecule has 3 aromatic rings. The number of fused-ring (bicyclic) bond motifs is 1. The monoisotopic (exact) mass is 358 g/mol. The standard InChI is InChI=1S/C18H19ClN4S/c1-13-21-15(12-24-13)11-22-6-8-23(9-7-22)18-4-5-20-17-10-14(19)2-3-16(17)18/h2-5,10,12H,6-9,11H2,1H3. The fourth-order valence-corrected chi connectivity index (χ4v) is 4.01. The molecule has 1 fully saturated rings. The lowest BCUT2D eigenvalue weighted by molar-refractivity contribution is 0.247. The van der Waals surface area contributed by atoms with Crippen LogP contribution in [0, 0.1) is 6.92 Å². The lowest BCUT2D eigenvalue weighted by Gasteiger charge is -2.36. The third kappa shape index (κ3) is 3.24. The van der Waals surface area contributed by atoms with Crippen LogP contribution in [0.1, 0.15) is 10.7 Å². The smallest absolute Gasteiger partial charge is 0.0897 e. The molecule has 1 aromatic carbocycles. The molecule has 3 heterocycles. The molecule has 4 nitrogen and oxygen atoms in total. The van der Waals surface area contributed by atoms with Gasteiger partial charge in [0.15, 0.2) is 0 Å². The van der Waals surface area contributed by atoms with Crippen molar-refractivity contribution in [2.45, 2.75) is 13.5 Å². The van der Waals surface area contributed by atoms with Crippen LogP contribution in [0.25, 0.3) is 10.9 Å². The van der Waals surface area contributed by atoms with E-state index < -0.39 is 0 Å². The Hall–Kier alpha value is -1.69. The molecule has 0 spiro atoms. The van der Waals surface area contributed by atoms with Gasteiger partial charge in [-0.3, -0.25) is 9.88 Å². The number of piperazine rings is 1. The maximum absolute atomic E-state index is 6.09. The largest absolute Gasteiger partial charge is 0.368 e. The Morgan fingerprint density at radius 1 is 1.17 bits per heavy atom. The van der Waals surface area contributed by atoms with E-state index in [1.165, 1.54) is 16.8 Å². The van der Waals surface area contributed by atoms with E-state index in [2.05, 4.69) is 44.2 Å². The van der Waals surface area contributed by atoms with Crippen molar-refractivity contribution >= 4 is 39.5 Å². The Balaban J connectivity index is 1.48. The number of nitrogens with zero attached hydrogens (tertiary/aromatic N) is 4. The van der Waals surface area contributed by atoms with E-state index in [1.54, 1.807) is 11.3 Å². The first-order chi connectivity index (χ1) is 11.7. The minimum atomic E-state index is 0.732. The molecule has 2 aromatic heterocycles. The highest BCUT2D eigenvalue weighted by Crippen LogP contribution is 2.28. The van der Waals surface area contributed by atoms with Gasteiger partial charge in [-0.15, -0.1) is 11.3 Å². The van der Waals surface area contributed by atoms with E-state index in [-0.39, 0.29) is 0 Å². The highest BCUT2D eigenvalue weighted by Gasteiger charge is 2.19. The van der Waals surface area contributed by atoms with Crippen molar-refractivity contribution in [3.8, 4) is 0 Å². The van der Waals surface area contributed by atoms with Crippen LogP contribution in [0.5, 0.6) is 0 Å². The second kappa shape index (κ2) is 6.67. The van der Waals surface area contributed by atoms with Gasteiger partial charge in [0.1, 0.15) is 0 Å². The van der Waals surface area contributed by atoms with Gasteiger partial charge in [-0.2, -0.15) is 0 Å². The van der Waals surface area contributed by atoms with Crippen LogP contribution in [0.3, 0.4) is 0 Å². The third-order valence-electron chi connectivity index (χ3n) is 4.45. The number of aryl methyl sites for hydroxylation is 1. The van der Waals surface area contributed by atoms with Gasteiger partial charge < -0.3 is 4.90 Å². The summed E-state index contributed by atoms with van der Waals surface area (Å²) in [4.78, 5) is 13.9. The van der Waals surface area contributed by atoms with Gasteiger partial charge in [0.25, 0.3) is 0 Å². The van der Waals surface area contributed by atoms with Crippen LogP contribution in [0.4, 0.5) is 5.69 Å². The first-order valence-electron chi connectivity index (χ1n) is 8.11. The number of rotatable bonds is 3. The van der Waals surface area contributed by atoms with E-state index >= 15 is 0 Å². The molecule has 0 bridgehead atoms. The number of anilines is 1. The zero-order chi connectivity index (χ0) is 16.5. The van der Waals surface area contributed by atoms with E-state index in [1.807, 2.05) is 18.3 Å². The number of benzene rings is 1. The molecule has 0 aliphatic carbocycles. The summed E-state index contributed by atoms with van der Waals surface area (Å²) in [5.41, 5.74) is 3.40. The SMILES string of the molecule is Cc1nc(CN2CCN(c3ccnc4cc(Cl)ccc34)CC2)cs1. The third-order valence-corrected chi connectivity index (χ3v) is 5.50. The summed E-state index contributed by atoms with van der Waals surface area (Å²) in [6, 6.07) is 8.05. The van der Waals surface area contributed by atoms with Crippen molar-refractivity contribution in [2.24, 2.45) is 0 Å². The van der Waals surface area contributed by atoms with Crippen molar-refractivity contribution < 1.29 is 0 Å². The predicted octanol–water partition coefficient (Wildman–Crippen LogP) is 3.98. The normalized spacial score (nSPS) is 16.0. The molecule has 1 saturated heterocycles. The number of halogens is 1. The summed E-state index contributed by atoms with van der Waals surface area (Å²) in [7, 11) is 0. The second-order valence-corrected chi connectivity index (χ2v) is 7.61. The number of thiazole rings is 1. The number of hydrogen-bond donors (Lipinski definition) is 0. The molecule has 6 heteroatoms. The van der Waals surface area contributed by atoms with Crippen LogP contribution in [0.2, 0.25) is 5.02 Å². The molecule has 0 unspecified atom stereocenters. The zero-order valence-electron chi connectivity index (χ0n) is 13.6. The maximum atomic E-state index is 6.09. The summed E-state index contributed by atoms with van der Waals surface area (Å²) >= 11 is 7.82. The van der Waals surface area contributed by atoms with E-state index in [9.17, 15) is 0 Å². The maximum Gasteiger partial charge on any atom is 0.0897 e. The molecule has 0 atom stereocenters. The fourth-order valence-electron chi connectivity index (χ4n) is 3.24. The molecule has 0 saturated carbocycles. The fraction of sp³-hybridized carbons (Fsp3) is 0.333. The Bertz CT molecular complexity index is 855. The minimum Gasteiger partial charge on any atom is -0.368 e. The molecule has 0 amide bonds. The molecule has 1 aliphatic heterocycles. The predicted molar refractivity (Wildman–Crippen MR) is 101 cm³/mol. The topological polar surface area (TPSA) is 32.3 Å². The lowest BCUT2D eigenvalue weighted by atomic mass is 10.1. The van der Waals surface area contributed by atoms with Crippen LogP contribution in [-0.2, 0) is 6.54 Å². The summed E-state index contributed by atoms with van der Waals surface area (Å²) in [6.07, 6.45) is 1.87. The summed E-state index contributed by atoms with van der Waals surface area (Å²) in [6.45, 7) is 7.15. The lowest BCUT2D eigenvalue weighted by Crippen LogP contribution is -2.46. The van der Waals surface area contributed by atoms with Gasteiger partial charge >= 0.3 is 0 Å². The summed E-state index contributed by atoms with van der Waals surface area (Å²) in [5, 5.41) is 5.22. The van der Waals surface area contributed by atoms with Gasteiger partial charge in [-0.1, -0.05) is 11.6 Å². The van der Waals surface area contributed by atoms with Gasteiger partial charge in [0.2, 0.25) is 0 Å². The Labute approximate surface area is 150 Å². The quantitative estimate of drug-likeness (QED) is 0.709. The Kier molecular flexibility index (Phi) is 4.39. The zero-order valence-corrected chi connectivity index (χ0v) is 15.1. The number of aromatic nitrogens is 2. The average Bonchev–Trinajstić information content (AvgIpc) is 3.00. The van der Waals surface area contributed by atoms with Crippen LogP contribution < -0.4 is 4.90 Å². The molecule has 24 heavy (non-hydrogen) atoms. The van der Waals surface area contributed by atoms with Gasteiger partial charge in [-0.25, -0.2) is 4.98 Å². The van der Waals surface area contributed by atoms with Gasteiger partial charge in [-0.05, 0) is 31.2 Å². The van der Waals surface area contributed by atoms with Crippen molar-refractivity contribution in [2.75, 3.05) is 31.1 Å². The molecule has 0 radical (unpaired) electrons. The summed E-state index contributed by atoms with van der Waals surface area (Å²) in [5.74, 6) is 0. The highest BCUT2D eigenvalue weighted by molar-refractivity contribution is 7.09. The van der Waals surface area contributed by atoms with Crippen LogP contribution >= 0.6 is 22.9 Å². The van der Waals surface area contributed by atoms with Crippen molar-refractivity contribution in [3.63, 3.8) is 0 Å². The first kappa shape index (κ1) is 15.8.